The van der Waals surface area contributed by atoms with Crippen molar-refractivity contribution >= 4 is 46.5 Å². The quantitative estimate of drug-likeness (QED) is 0.212. The average molecular weight is 718 g/mol. The Morgan fingerprint density at radius 1 is 1.04 bits per heavy atom. The number of hydrogen-bond donors (Lipinski definition) is 3. The molecule has 2 saturated heterocycles. The van der Waals surface area contributed by atoms with Crippen LogP contribution in [-0.4, -0.2) is 90.6 Å². The van der Waals surface area contributed by atoms with Crippen molar-refractivity contribution in [3.63, 3.8) is 0 Å². The van der Waals surface area contributed by atoms with E-state index in [1.54, 1.807) is 6.07 Å². The molecule has 3 aliphatic rings. The Hall–Kier alpha value is -2.77. The Balaban J connectivity index is 0.000000671. The highest BCUT2D eigenvalue weighted by molar-refractivity contribution is 6.31. The van der Waals surface area contributed by atoms with Crippen LogP contribution in [0, 0.1) is 11.2 Å². The number of nitrogens with zero attached hydrogens (tertiary/aromatic N) is 2. The number of benzene rings is 2. The van der Waals surface area contributed by atoms with Crippen molar-refractivity contribution in [1.82, 2.24) is 15.1 Å². The van der Waals surface area contributed by atoms with Gasteiger partial charge in [0.15, 0.2) is 0 Å². The molecule has 2 fully saturated rings. The van der Waals surface area contributed by atoms with Crippen molar-refractivity contribution in [3.05, 3.63) is 63.4 Å². The predicted octanol–water partition coefficient (Wildman–Crippen LogP) is 6.50. The first-order valence-electron chi connectivity index (χ1n) is 15.9. The van der Waals surface area contributed by atoms with Gasteiger partial charge in [0, 0.05) is 55.3 Å². The second-order valence-electron chi connectivity index (χ2n) is 14.0. The molecule has 2 aromatic rings. The lowest BCUT2D eigenvalue weighted by atomic mass is 9.62. The molecule has 5 rings (SSSR count). The van der Waals surface area contributed by atoms with E-state index >= 15 is 4.39 Å². The number of unbranched alkanes of at least 4 members (excludes halogenated alkanes) is 1. The third kappa shape index (κ3) is 8.50. The zero-order valence-electron chi connectivity index (χ0n) is 27.4. The SMILES string of the molecule is CN1CCN(CCCCC(=O)[C@@H]2N[C@H](CC(C)(C)C)[C@]3(C(=O)Nc4cc(Cl)c(F)cc43)[C@H]2c2cccc(Cl)c2)CC1.O=C(O)C(F)(F)F. The third-order valence-corrected chi connectivity index (χ3v) is 9.77. The Morgan fingerprint density at radius 2 is 1.69 bits per heavy atom. The minimum Gasteiger partial charge on any atom is -0.475 e. The highest BCUT2D eigenvalue weighted by Crippen LogP contribution is 2.57. The number of Topliss-reactive ketones (excluding diaryl/α,β-unsaturated/α-hetero) is 1. The van der Waals surface area contributed by atoms with Gasteiger partial charge in [0.05, 0.1) is 11.1 Å². The predicted molar refractivity (Wildman–Crippen MR) is 177 cm³/mol. The van der Waals surface area contributed by atoms with Gasteiger partial charge in [0.2, 0.25) is 5.91 Å². The fourth-order valence-corrected chi connectivity index (χ4v) is 7.41. The molecule has 0 bridgehead atoms. The number of carbonyl (C=O) groups is 3. The normalized spacial score (nSPS) is 24.6. The zero-order chi connectivity index (χ0) is 35.6. The molecule has 0 aliphatic carbocycles. The fraction of sp³-hybridized carbons (Fsp3) is 0.559. The topological polar surface area (TPSA) is 102 Å². The number of piperazine rings is 1. The van der Waals surface area contributed by atoms with Crippen molar-refractivity contribution in [3.8, 4) is 0 Å². The largest absolute Gasteiger partial charge is 0.490 e. The van der Waals surface area contributed by atoms with E-state index in [9.17, 15) is 22.8 Å². The van der Waals surface area contributed by atoms with Gasteiger partial charge in [-0.3, -0.25) is 9.59 Å². The summed E-state index contributed by atoms with van der Waals surface area (Å²) in [5.41, 5.74) is 0.447. The Bertz CT molecular complexity index is 1510. The van der Waals surface area contributed by atoms with Crippen molar-refractivity contribution in [2.24, 2.45) is 5.41 Å². The molecular formula is C34H42Cl2F4N4O4. The van der Waals surface area contributed by atoms with Gasteiger partial charge in [0.25, 0.3) is 0 Å². The van der Waals surface area contributed by atoms with Gasteiger partial charge in [-0.2, -0.15) is 13.2 Å². The van der Waals surface area contributed by atoms with Crippen LogP contribution in [0.3, 0.4) is 0 Å². The first kappa shape index (κ1) is 38.0. The van der Waals surface area contributed by atoms with E-state index in [1.165, 1.54) is 12.1 Å². The molecule has 3 N–H and O–H groups in total. The summed E-state index contributed by atoms with van der Waals surface area (Å²) in [6.45, 7) is 11.6. The molecule has 0 unspecified atom stereocenters. The van der Waals surface area contributed by atoms with E-state index in [-0.39, 0.29) is 22.1 Å². The van der Waals surface area contributed by atoms with Crippen LogP contribution in [0.4, 0.5) is 23.2 Å². The van der Waals surface area contributed by atoms with Gasteiger partial charge in [-0.15, -0.1) is 0 Å². The molecule has 1 spiro atoms. The van der Waals surface area contributed by atoms with Crippen LogP contribution in [-0.2, 0) is 19.8 Å². The van der Waals surface area contributed by atoms with Crippen LogP contribution in [0.15, 0.2) is 36.4 Å². The summed E-state index contributed by atoms with van der Waals surface area (Å²) in [5, 5.41) is 14.2. The molecule has 0 radical (unpaired) electrons. The van der Waals surface area contributed by atoms with Crippen LogP contribution in [0.5, 0.6) is 0 Å². The van der Waals surface area contributed by atoms with Crippen LogP contribution < -0.4 is 10.6 Å². The number of amides is 1. The number of ketones is 1. The molecule has 3 heterocycles. The summed E-state index contributed by atoms with van der Waals surface area (Å²) in [6.07, 6.45) is -2.36. The van der Waals surface area contributed by atoms with Crippen LogP contribution in [0.2, 0.25) is 10.0 Å². The number of anilines is 1. The molecule has 4 atom stereocenters. The van der Waals surface area contributed by atoms with Crippen molar-refractivity contribution in [2.75, 3.05) is 45.1 Å². The number of carbonyl (C=O) groups excluding carboxylic acids is 2. The van der Waals surface area contributed by atoms with Gasteiger partial charge < -0.3 is 25.5 Å². The number of alkyl halides is 3. The van der Waals surface area contributed by atoms with E-state index in [0.29, 0.717) is 29.1 Å². The second-order valence-corrected chi connectivity index (χ2v) is 14.8. The third-order valence-electron chi connectivity index (χ3n) is 9.24. The van der Waals surface area contributed by atoms with Gasteiger partial charge in [0.1, 0.15) is 17.0 Å². The molecule has 3 aliphatic heterocycles. The zero-order valence-corrected chi connectivity index (χ0v) is 28.9. The molecule has 2 aromatic carbocycles. The van der Waals surface area contributed by atoms with Crippen molar-refractivity contribution in [1.29, 1.82) is 0 Å². The molecule has 8 nitrogen and oxygen atoms in total. The number of carboxylic acids is 1. The first-order valence-corrected chi connectivity index (χ1v) is 16.7. The summed E-state index contributed by atoms with van der Waals surface area (Å²) in [7, 11) is 2.15. The summed E-state index contributed by atoms with van der Waals surface area (Å²) in [5.74, 6) is -4.08. The van der Waals surface area contributed by atoms with Crippen molar-refractivity contribution in [2.45, 2.75) is 76.0 Å². The minimum atomic E-state index is -5.08. The molecule has 0 saturated carbocycles. The Kier molecular flexibility index (Phi) is 11.9. The molecule has 14 heteroatoms. The van der Waals surface area contributed by atoms with E-state index in [0.717, 1.165) is 51.1 Å². The molecular weight excluding hydrogens is 675 g/mol. The Labute approximate surface area is 288 Å². The lowest BCUT2D eigenvalue weighted by molar-refractivity contribution is -0.192. The number of nitrogens with one attached hydrogen (secondary N) is 2. The van der Waals surface area contributed by atoms with E-state index in [1.807, 2.05) is 18.2 Å². The standard InChI is InChI=1S/C32H41Cl2FN4O2.C2HF3O2/c1-31(2,3)19-27-32(22-17-24(35)23(34)18-25(22)36-30(32)41)28(20-8-7-9-21(33)16-20)29(37-27)26(40)10-5-6-11-39-14-12-38(4)13-15-39;3-2(4,5)1(6)7/h7-9,16-18,27-29,37H,5-6,10-15,19H2,1-4H3,(H,36,41);(H,6,7)/t27-,28+,29+,32+;/m1./s1. The molecule has 1 amide bonds. The number of aliphatic carboxylic acids is 1. The fourth-order valence-electron chi connectivity index (χ4n) is 7.05. The van der Waals surface area contributed by atoms with Crippen LogP contribution in [0.1, 0.15) is 63.5 Å². The summed E-state index contributed by atoms with van der Waals surface area (Å²) >= 11 is 12.6. The van der Waals surface area contributed by atoms with Crippen LogP contribution >= 0.6 is 23.2 Å². The van der Waals surface area contributed by atoms with Crippen LogP contribution in [0.25, 0.3) is 0 Å². The van der Waals surface area contributed by atoms with Gasteiger partial charge in [-0.05, 0) is 73.7 Å². The molecule has 48 heavy (non-hydrogen) atoms. The first-order chi connectivity index (χ1) is 22.3. The van der Waals surface area contributed by atoms with E-state index < -0.39 is 41.4 Å². The van der Waals surface area contributed by atoms with Gasteiger partial charge in [-0.25, -0.2) is 9.18 Å². The van der Waals surface area contributed by atoms with E-state index in [2.05, 4.69) is 48.3 Å². The highest BCUT2D eigenvalue weighted by Gasteiger charge is 2.65. The number of likely N-dealkylation sites (N-methyl/N-ethyl adjacent to an activating group) is 1. The molecule has 264 valence electrons. The molecule has 0 aromatic heterocycles. The highest BCUT2D eigenvalue weighted by atomic mass is 35.5. The van der Waals surface area contributed by atoms with Gasteiger partial charge in [-0.1, -0.05) is 56.1 Å². The summed E-state index contributed by atoms with van der Waals surface area (Å²) in [4.78, 5) is 41.9. The number of carboxylic acid groups (broad SMARTS) is 1. The second kappa shape index (κ2) is 15.0. The number of hydrogen-bond acceptors (Lipinski definition) is 6. The average Bonchev–Trinajstić information content (AvgIpc) is 3.45. The maximum absolute atomic E-state index is 15.0. The number of fused-ring (bicyclic) bond motifs is 2. The summed E-state index contributed by atoms with van der Waals surface area (Å²) in [6, 6.07) is 9.21. The summed E-state index contributed by atoms with van der Waals surface area (Å²) < 4.78 is 46.8. The monoisotopic (exact) mass is 716 g/mol. The Morgan fingerprint density at radius 3 is 2.27 bits per heavy atom. The lowest BCUT2D eigenvalue weighted by Gasteiger charge is -2.37. The maximum atomic E-state index is 15.0. The number of rotatable bonds is 8. The smallest absolute Gasteiger partial charge is 0.475 e. The minimum absolute atomic E-state index is 0.0493. The van der Waals surface area contributed by atoms with Gasteiger partial charge >= 0.3 is 12.1 Å². The lowest BCUT2D eigenvalue weighted by Crippen LogP contribution is -2.49. The maximum Gasteiger partial charge on any atom is 0.490 e. The number of halogens is 6. The van der Waals surface area contributed by atoms with Crippen molar-refractivity contribution < 1.29 is 37.1 Å². The van der Waals surface area contributed by atoms with E-state index in [4.69, 9.17) is 33.1 Å².